The molecule has 5 heteroatoms. The van der Waals surface area contributed by atoms with Crippen LogP contribution in [0.1, 0.15) is 34.7 Å². The molecule has 1 N–H and O–H groups in total. The van der Waals surface area contributed by atoms with E-state index < -0.39 is 0 Å². The molecule has 0 saturated carbocycles. The van der Waals surface area contributed by atoms with Crippen molar-refractivity contribution in [3.8, 4) is 0 Å². The normalized spacial score (nSPS) is 14.6. The molecule has 1 aliphatic rings. The molecule has 5 nitrogen and oxygen atoms in total. The Morgan fingerprint density at radius 3 is 2.34 bits per heavy atom. The Kier molecular flexibility index (Phi) is 5.84. The number of hydrogen-bond donors (Lipinski definition) is 1. The summed E-state index contributed by atoms with van der Waals surface area (Å²) >= 11 is 0. The molecule has 148 valence electrons. The maximum atomic E-state index is 13.0. The van der Waals surface area contributed by atoms with Crippen LogP contribution in [0.25, 0.3) is 0 Å². The van der Waals surface area contributed by atoms with Crippen molar-refractivity contribution in [3.63, 3.8) is 0 Å². The summed E-state index contributed by atoms with van der Waals surface area (Å²) in [5, 5.41) is 3.26. The second-order valence-electron chi connectivity index (χ2n) is 7.60. The van der Waals surface area contributed by atoms with E-state index in [4.69, 9.17) is 0 Å². The zero-order valence-corrected chi connectivity index (χ0v) is 16.7. The van der Waals surface area contributed by atoms with E-state index in [1.807, 2.05) is 42.2 Å². The third-order valence-corrected chi connectivity index (χ3v) is 5.37. The maximum absolute atomic E-state index is 13.0. The molecule has 1 saturated heterocycles. The van der Waals surface area contributed by atoms with Crippen LogP contribution >= 0.6 is 0 Å². The predicted molar refractivity (Wildman–Crippen MR) is 115 cm³/mol. The number of nitrogens with one attached hydrogen (secondary N) is 1. The first-order chi connectivity index (χ1) is 14.2. The number of carbonyl (C=O) groups excluding carboxylic acids is 1. The number of carbonyl (C=O) groups is 1. The van der Waals surface area contributed by atoms with Gasteiger partial charge >= 0.3 is 0 Å². The van der Waals surface area contributed by atoms with Gasteiger partial charge in [-0.3, -0.25) is 4.79 Å². The van der Waals surface area contributed by atoms with Crippen molar-refractivity contribution in [1.82, 2.24) is 14.9 Å². The van der Waals surface area contributed by atoms with Crippen molar-refractivity contribution < 1.29 is 4.79 Å². The van der Waals surface area contributed by atoms with Gasteiger partial charge in [-0.15, -0.1) is 0 Å². The summed E-state index contributed by atoms with van der Waals surface area (Å²) in [7, 11) is 0. The third-order valence-electron chi connectivity index (χ3n) is 5.37. The molecule has 29 heavy (non-hydrogen) atoms. The van der Waals surface area contributed by atoms with Gasteiger partial charge in [-0.25, -0.2) is 9.97 Å². The van der Waals surface area contributed by atoms with E-state index in [0.717, 1.165) is 38.0 Å². The molecular formula is C24H26N4O. The van der Waals surface area contributed by atoms with Gasteiger partial charge in [0.25, 0.3) is 5.91 Å². The fourth-order valence-electron chi connectivity index (χ4n) is 3.86. The van der Waals surface area contributed by atoms with Gasteiger partial charge in [-0.05, 0) is 49.8 Å². The lowest BCUT2D eigenvalue weighted by atomic mass is 9.90. The monoisotopic (exact) mass is 386 g/mol. The molecule has 0 aliphatic carbocycles. The van der Waals surface area contributed by atoms with Gasteiger partial charge in [-0.1, -0.05) is 48.5 Å². The Hall–Kier alpha value is -3.21. The second-order valence-corrected chi connectivity index (χ2v) is 7.60. The number of amides is 1. The molecule has 0 radical (unpaired) electrons. The van der Waals surface area contributed by atoms with Crippen molar-refractivity contribution >= 4 is 17.4 Å². The van der Waals surface area contributed by atoms with Crippen LogP contribution in [-0.2, 0) is 6.42 Å². The fourth-order valence-corrected chi connectivity index (χ4v) is 3.86. The Morgan fingerprint density at radius 2 is 1.66 bits per heavy atom. The van der Waals surface area contributed by atoms with Crippen molar-refractivity contribution in [2.24, 2.45) is 5.92 Å². The van der Waals surface area contributed by atoms with Crippen LogP contribution in [0.2, 0.25) is 0 Å². The minimum atomic E-state index is -0.00947. The quantitative estimate of drug-likeness (QED) is 0.695. The number of para-hydroxylation sites is 1. The number of piperidine rings is 1. The van der Waals surface area contributed by atoms with Crippen LogP contribution in [0.5, 0.6) is 0 Å². The standard InChI is InChI=1S/C24H26N4O/c1-18-25-22(17-23(26-18)27-21-10-6-3-7-11-21)24(29)28-14-12-20(13-15-28)16-19-8-4-2-5-9-19/h2-11,17,20H,12-16H2,1H3,(H,25,26,27). The van der Waals surface area contributed by atoms with Crippen LogP contribution in [-0.4, -0.2) is 33.9 Å². The van der Waals surface area contributed by atoms with Crippen molar-refractivity contribution in [2.45, 2.75) is 26.2 Å². The number of aryl methyl sites for hydroxylation is 1. The topological polar surface area (TPSA) is 58.1 Å². The van der Waals surface area contributed by atoms with Gasteiger partial charge in [0.1, 0.15) is 17.3 Å². The molecule has 1 fully saturated rings. The summed E-state index contributed by atoms with van der Waals surface area (Å²) < 4.78 is 0. The first kappa shape index (κ1) is 19.1. The number of likely N-dealkylation sites (tertiary alicyclic amines) is 1. The van der Waals surface area contributed by atoms with Gasteiger partial charge in [0, 0.05) is 24.8 Å². The summed E-state index contributed by atoms with van der Waals surface area (Å²) in [6.07, 6.45) is 3.14. The minimum absolute atomic E-state index is 0.00947. The average Bonchev–Trinajstić information content (AvgIpc) is 2.75. The zero-order valence-electron chi connectivity index (χ0n) is 16.7. The fraction of sp³-hybridized carbons (Fsp3) is 0.292. The number of aromatic nitrogens is 2. The number of hydrogen-bond acceptors (Lipinski definition) is 4. The number of anilines is 2. The third kappa shape index (κ3) is 4.99. The first-order valence-corrected chi connectivity index (χ1v) is 10.2. The molecule has 2 aromatic carbocycles. The number of rotatable bonds is 5. The summed E-state index contributed by atoms with van der Waals surface area (Å²) in [6.45, 7) is 3.38. The van der Waals surface area contributed by atoms with Crippen LogP contribution in [0, 0.1) is 12.8 Å². The molecule has 2 heterocycles. The lowest BCUT2D eigenvalue weighted by Gasteiger charge is -2.32. The highest BCUT2D eigenvalue weighted by Gasteiger charge is 2.25. The molecular weight excluding hydrogens is 360 g/mol. The molecule has 0 bridgehead atoms. The van der Waals surface area contributed by atoms with E-state index in [1.165, 1.54) is 5.56 Å². The van der Waals surface area contributed by atoms with E-state index in [2.05, 4.69) is 45.6 Å². The van der Waals surface area contributed by atoms with Crippen molar-refractivity contribution in [2.75, 3.05) is 18.4 Å². The average molecular weight is 386 g/mol. The van der Waals surface area contributed by atoms with Crippen LogP contribution in [0.15, 0.2) is 66.7 Å². The Labute approximate surface area is 171 Å². The van der Waals surface area contributed by atoms with Gasteiger partial charge in [0.2, 0.25) is 0 Å². The van der Waals surface area contributed by atoms with Gasteiger partial charge < -0.3 is 10.2 Å². The summed E-state index contributed by atoms with van der Waals surface area (Å²) in [5.74, 6) is 1.85. The van der Waals surface area contributed by atoms with Crippen LogP contribution < -0.4 is 5.32 Å². The van der Waals surface area contributed by atoms with Crippen LogP contribution in [0.3, 0.4) is 0 Å². The van der Waals surface area contributed by atoms with Gasteiger partial charge in [-0.2, -0.15) is 0 Å². The maximum Gasteiger partial charge on any atom is 0.272 e. The van der Waals surface area contributed by atoms with E-state index in [9.17, 15) is 4.79 Å². The Bertz CT molecular complexity index is 951. The molecule has 0 atom stereocenters. The molecule has 0 spiro atoms. The lowest BCUT2D eigenvalue weighted by Crippen LogP contribution is -2.39. The SMILES string of the molecule is Cc1nc(Nc2ccccc2)cc(C(=O)N2CCC(Cc3ccccc3)CC2)n1. The largest absolute Gasteiger partial charge is 0.340 e. The van der Waals surface area contributed by atoms with E-state index in [0.29, 0.717) is 23.3 Å². The Balaban J connectivity index is 1.39. The second kappa shape index (κ2) is 8.86. The van der Waals surface area contributed by atoms with Crippen molar-refractivity contribution in [1.29, 1.82) is 0 Å². The Morgan fingerprint density at radius 1 is 1.00 bits per heavy atom. The van der Waals surface area contributed by atoms with Gasteiger partial charge in [0.05, 0.1) is 0 Å². The molecule has 1 amide bonds. The minimum Gasteiger partial charge on any atom is -0.340 e. The number of benzene rings is 2. The lowest BCUT2D eigenvalue weighted by molar-refractivity contribution is 0.0684. The first-order valence-electron chi connectivity index (χ1n) is 10.2. The summed E-state index contributed by atoms with van der Waals surface area (Å²) in [5.41, 5.74) is 2.77. The van der Waals surface area contributed by atoms with E-state index in [-0.39, 0.29) is 5.91 Å². The smallest absolute Gasteiger partial charge is 0.272 e. The predicted octanol–water partition coefficient (Wildman–Crippen LogP) is 4.62. The van der Waals surface area contributed by atoms with E-state index in [1.54, 1.807) is 6.07 Å². The molecule has 1 aliphatic heterocycles. The highest BCUT2D eigenvalue weighted by Crippen LogP contribution is 2.23. The molecule has 1 aromatic heterocycles. The number of nitrogens with zero attached hydrogens (tertiary/aromatic N) is 3. The van der Waals surface area contributed by atoms with Crippen LogP contribution in [0.4, 0.5) is 11.5 Å². The molecule has 3 aromatic rings. The molecule has 4 rings (SSSR count). The summed E-state index contributed by atoms with van der Waals surface area (Å²) in [4.78, 5) is 23.8. The van der Waals surface area contributed by atoms with Crippen molar-refractivity contribution in [3.05, 3.63) is 83.8 Å². The van der Waals surface area contributed by atoms with Gasteiger partial charge in [0.15, 0.2) is 0 Å². The molecule has 0 unspecified atom stereocenters. The van der Waals surface area contributed by atoms with E-state index >= 15 is 0 Å². The highest BCUT2D eigenvalue weighted by molar-refractivity contribution is 5.93. The zero-order chi connectivity index (χ0) is 20.1. The highest BCUT2D eigenvalue weighted by atomic mass is 16.2. The summed E-state index contributed by atoms with van der Waals surface area (Å²) in [6, 6.07) is 22.2.